The molecular weight excluding hydrogens is 440 g/mol. The Kier molecular flexibility index (Phi) is 5.08. The lowest BCUT2D eigenvalue weighted by Gasteiger charge is -2.11. The fourth-order valence-corrected chi connectivity index (χ4v) is 4.02. The molecule has 0 saturated carbocycles. The smallest absolute Gasteiger partial charge is 0.301 e. The fraction of sp³-hybridized carbons (Fsp3) is 0.0526. The van der Waals surface area contributed by atoms with E-state index in [2.05, 4.69) is 9.97 Å². The summed E-state index contributed by atoms with van der Waals surface area (Å²) in [5.74, 6) is -2.98. The monoisotopic (exact) mass is 450 g/mol. The first kappa shape index (κ1) is 20.1. The Morgan fingerprint density at radius 2 is 1.70 bits per heavy atom. The van der Waals surface area contributed by atoms with Gasteiger partial charge in [-0.1, -0.05) is 29.5 Å². The van der Waals surface area contributed by atoms with Gasteiger partial charge in [-0.15, -0.1) is 0 Å². The first-order chi connectivity index (χ1) is 14.2. The minimum Gasteiger partial charge on any atom is -0.301 e. The van der Waals surface area contributed by atoms with E-state index < -0.39 is 17.9 Å². The molecule has 1 amide bonds. The molecule has 2 aromatic heterocycles. The highest BCUT2D eigenvalue weighted by atomic mass is 32.1. The van der Waals surface area contributed by atoms with Crippen LogP contribution in [0.3, 0.4) is 0 Å². The van der Waals surface area contributed by atoms with Crippen molar-refractivity contribution in [2.45, 2.75) is 6.18 Å². The van der Waals surface area contributed by atoms with E-state index in [0.717, 1.165) is 11.3 Å². The number of carbonyl (C=O) groups is 1. The number of halogens is 4. The molecule has 0 atom stereocenters. The van der Waals surface area contributed by atoms with E-state index >= 15 is 0 Å². The van der Waals surface area contributed by atoms with E-state index in [0.29, 0.717) is 15.2 Å². The fourth-order valence-electron chi connectivity index (χ4n) is 2.70. The molecular formula is C19H10F4N4OS2. The summed E-state index contributed by atoms with van der Waals surface area (Å²) < 4.78 is 53.9. The normalized spacial score (nSPS) is 11.6. The van der Waals surface area contributed by atoms with Gasteiger partial charge in [0.05, 0.1) is 0 Å². The molecule has 2 aromatic carbocycles. The van der Waals surface area contributed by atoms with E-state index in [1.165, 1.54) is 24.3 Å². The molecule has 0 saturated heterocycles. The number of nitrogens with zero attached hydrogens (tertiary/aromatic N) is 3. The van der Waals surface area contributed by atoms with Crippen molar-refractivity contribution in [3.05, 3.63) is 64.4 Å². The molecule has 4 rings (SSSR count). The number of alkyl halides is 3. The summed E-state index contributed by atoms with van der Waals surface area (Å²) in [6, 6.07) is 14.0. The van der Waals surface area contributed by atoms with Crippen LogP contribution < -0.4 is 5.32 Å². The van der Waals surface area contributed by atoms with Crippen LogP contribution in [0.1, 0.15) is 0 Å². The predicted octanol–water partition coefficient (Wildman–Crippen LogP) is 5.52. The third-order valence-electron chi connectivity index (χ3n) is 4.04. The summed E-state index contributed by atoms with van der Waals surface area (Å²) in [6.45, 7) is 0. The average molecular weight is 450 g/mol. The maximum atomic E-state index is 13.3. The number of benzene rings is 2. The Labute approximate surface area is 175 Å². The average Bonchev–Trinajstić information content (AvgIpc) is 3.04. The summed E-state index contributed by atoms with van der Waals surface area (Å²) >= 11 is 6.36. The summed E-state index contributed by atoms with van der Waals surface area (Å²) in [5, 5.41) is 1.80. The van der Waals surface area contributed by atoms with Crippen LogP contribution in [0.4, 0.5) is 23.4 Å². The number of rotatable bonds is 3. The molecule has 1 N–H and O–H groups in total. The zero-order valence-electron chi connectivity index (χ0n) is 14.8. The molecule has 0 aliphatic heterocycles. The Morgan fingerprint density at radius 1 is 1.03 bits per heavy atom. The van der Waals surface area contributed by atoms with Gasteiger partial charge < -0.3 is 5.32 Å². The van der Waals surface area contributed by atoms with Crippen LogP contribution >= 0.6 is 23.6 Å². The standard InChI is InChI=1S/C19H10F4N4OS2/c20-11-8-6-10(7-9-11)14-24-15(26-17(28)19(21,22)23)13-16(25-14)27(18(29)30-13)12-4-2-1-3-5-12/h1-9H,(H,24,25,26,28). The van der Waals surface area contributed by atoms with Gasteiger partial charge >= 0.3 is 12.1 Å². The quantitative estimate of drug-likeness (QED) is 0.330. The summed E-state index contributed by atoms with van der Waals surface area (Å²) in [6.07, 6.45) is -5.10. The number of nitrogens with one attached hydrogen (secondary N) is 1. The Balaban J connectivity index is 1.98. The van der Waals surface area contributed by atoms with Crippen molar-refractivity contribution >= 4 is 45.6 Å². The van der Waals surface area contributed by atoms with Gasteiger partial charge in [0, 0.05) is 11.3 Å². The first-order valence-corrected chi connectivity index (χ1v) is 9.59. The van der Waals surface area contributed by atoms with E-state index in [9.17, 15) is 22.4 Å². The number of hydrogen-bond donors (Lipinski definition) is 1. The van der Waals surface area contributed by atoms with Crippen LogP contribution in [0.25, 0.3) is 27.4 Å². The zero-order chi connectivity index (χ0) is 21.5. The molecule has 0 unspecified atom stereocenters. The number of aromatic nitrogens is 3. The number of fused-ring (bicyclic) bond motifs is 1. The van der Waals surface area contributed by atoms with Crippen molar-refractivity contribution < 1.29 is 22.4 Å². The number of amides is 1. The third-order valence-corrected chi connectivity index (χ3v) is 5.41. The highest BCUT2D eigenvalue weighted by Gasteiger charge is 2.39. The van der Waals surface area contributed by atoms with Crippen molar-refractivity contribution in [2.24, 2.45) is 0 Å². The van der Waals surface area contributed by atoms with Crippen molar-refractivity contribution in [3.63, 3.8) is 0 Å². The van der Waals surface area contributed by atoms with E-state index in [1.807, 2.05) is 0 Å². The van der Waals surface area contributed by atoms with Gasteiger partial charge in [0.15, 0.2) is 21.2 Å². The number of carbonyl (C=O) groups excluding carboxylic acids is 1. The topological polar surface area (TPSA) is 59.8 Å². The Hall–Kier alpha value is -3.18. The molecule has 0 aliphatic carbocycles. The van der Waals surface area contributed by atoms with Crippen LogP contribution in [0.2, 0.25) is 0 Å². The second-order valence-electron chi connectivity index (χ2n) is 6.05. The Bertz CT molecular complexity index is 1300. The SMILES string of the molecule is O=C(Nc1nc(-c2ccc(F)cc2)nc2c1sc(=S)n2-c1ccccc1)C(F)(F)F. The zero-order valence-corrected chi connectivity index (χ0v) is 16.4. The van der Waals surface area contributed by atoms with Crippen LogP contribution in [0.5, 0.6) is 0 Å². The van der Waals surface area contributed by atoms with E-state index in [-0.39, 0.29) is 22.0 Å². The molecule has 4 aromatic rings. The van der Waals surface area contributed by atoms with Gasteiger partial charge in [-0.2, -0.15) is 13.2 Å². The van der Waals surface area contributed by atoms with Crippen molar-refractivity contribution in [3.8, 4) is 17.1 Å². The maximum absolute atomic E-state index is 13.3. The third kappa shape index (κ3) is 3.81. The lowest BCUT2D eigenvalue weighted by molar-refractivity contribution is -0.167. The second kappa shape index (κ2) is 7.58. The van der Waals surface area contributed by atoms with Crippen molar-refractivity contribution in [1.82, 2.24) is 14.5 Å². The van der Waals surface area contributed by atoms with Gasteiger partial charge in [-0.3, -0.25) is 9.36 Å². The molecule has 0 spiro atoms. The second-order valence-corrected chi connectivity index (χ2v) is 7.69. The molecule has 5 nitrogen and oxygen atoms in total. The van der Waals surface area contributed by atoms with Crippen LogP contribution in [0, 0.1) is 9.77 Å². The Morgan fingerprint density at radius 3 is 2.33 bits per heavy atom. The minimum absolute atomic E-state index is 0.0115. The van der Waals surface area contributed by atoms with Gasteiger partial charge in [0.25, 0.3) is 0 Å². The summed E-state index contributed by atoms with van der Waals surface area (Å²) in [4.78, 5) is 20.1. The lowest BCUT2D eigenvalue weighted by atomic mass is 10.2. The molecule has 2 heterocycles. The molecule has 0 radical (unpaired) electrons. The lowest BCUT2D eigenvalue weighted by Crippen LogP contribution is -2.30. The number of thiazole rings is 1. The molecule has 30 heavy (non-hydrogen) atoms. The first-order valence-electron chi connectivity index (χ1n) is 8.37. The van der Waals surface area contributed by atoms with Crippen molar-refractivity contribution in [2.75, 3.05) is 5.32 Å². The van der Waals surface area contributed by atoms with Gasteiger partial charge in [0.1, 0.15) is 10.5 Å². The van der Waals surface area contributed by atoms with Gasteiger partial charge in [-0.25, -0.2) is 14.4 Å². The van der Waals surface area contributed by atoms with Crippen LogP contribution in [0.15, 0.2) is 54.6 Å². The van der Waals surface area contributed by atoms with Crippen LogP contribution in [-0.2, 0) is 4.79 Å². The minimum atomic E-state index is -5.10. The largest absolute Gasteiger partial charge is 0.471 e. The maximum Gasteiger partial charge on any atom is 0.471 e. The van der Waals surface area contributed by atoms with E-state index in [4.69, 9.17) is 12.2 Å². The predicted molar refractivity (Wildman–Crippen MR) is 108 cm³/mol. The highest BCUT2D eigenvalue weighted by molar-refractivity contribution is 7.73. The molecule has 152 valence electrons. The number of anilines is 1. The molecule has 0 bridgehead atoms. The molecule has 0 aliphatic rings. The molecule has 0 fully saturated rings. The summed E-state index contributed by atoms with van der Waals surface area (Å²) in [7, 11) is 0. The van der Waals surface area contributed by atoms with Crippen molar-refractivity contribution in [1.29, 1.82) is 0 Å². The van der Waals surface area contributed by atoms with Gasteiger partial charge in [-0.05, 0) is 48.6 Å². The van der Waals surface area contributed by atoms with Crippen LogP contribution in [-0.4, -0.2) is 26.6 Å². The highest BCUT2D eigenvalue weighted by Crippen LogP contribution is 2.33. The molecule has 11 heteroatoms. The summed E-state index contributed by atoms with van der Waals surface area (Å²) in [5.41, 5.74) is 1.23. The van der Waals surface area contributed by atoms with Gasteiger partial charge in [0.2, 0.25) is 0 Å². The number of hydrogen-bond acceptors (Lipinski definition) is 5. The van der Waals surface area contributed by atoms with E-state index in [1.54, 1.807) is 40.2 Å². The number of para-hydroxylation sites is 1.